The van der Waals surface area contributed by atoms with Crippen LogP contribution in [0.3, 0.4) is 0 Å². The van der Waals surface area contributed by atoms with Gasteiger partial charge >= 0.3 is 0 Å². The van der Waals surface area contributed by atoms with Gasteiger partial charge in [0.1, 0.15) is 0 Å². The topological polar surface area (TPSA) is 59.0 Å². The van der Waals surface area contributed by atoms with Crippen LogP contribution in [-0.4, -0.2) is 48.3 Å². The first kappa shape index (κ1) is 19.7. The Labute approximate surface area is 162 Å². The molecule has 1 N–H and O–H groups in total. The van der Waals surface area contributed by atoms with Gasteiger partial charge in [-0.15, -0.1) is 0 Å². The van der Waals surface area contributed by atoms with Crippen molar-refractivity contribution in [3.63, 3.8) is 0 Å². The average Bonchev–Trinajstić information content (AvgIpc) is 3.31. The van der Waals surface area contributed by atoms with Crippen LogP contribution in [0, 0.1) is 11.8 Å². The van der Waals surface area contributed by atoms with Gasteiger partial charge in [-0.05, 0) is 50.7 Å². The van der Waals surface area contributed by atoms with E-state index >= 15 is 0 Å². The Hall–Kier alpha value is -2.01. The predicted molar refractivity (Wildman–Crippen MR) is 106 cm³/mol. The summed E-state index contributed by atoms with van der Waals surface area (Å²) >= 11 is 0. The molecule has 1 aromatic carbocycles. The van der Waals surface area contributed by atoms with Crippen LogP contribution in [-0.2, 0) is 4.79 Å². The average molecular weight is 373 g/mol. The fourth-order valence-corrected chi connectivity index (χ4v) is 3.95. The lowest BCUT2D eigenvalue weighted by Crippen LogP contribution is -2.27. The van der Waals surface area contributed by atoms with Crippen LogP contribution in [0.1, 0.15) is 45.1 Å². The predicted octanol–water partition coefficient (Wildman–Crippen LogP) is 3.51. The van der Waals surface area contributed by atoms with Crippen molar-refractivity contribution < 1.29 is 19.4 Å². The van der Waals surface area contributed by atoms with Gasteiger partial charge in [0.2, 0.25) is 5.91 Å². The molecule has 2 aliphatic rings. The molecule has 0 radical (unpaired) electrons. The number of para-hydroxylation sites is 1. The van der Waals surface area contributed by atoms with Crippen molar-refractivity contribution >= 4 is 12.0 Å². The second-order valence-electron chi connectivity index (χ2n) is 7.63. The molecule has 0 unspecified atom stereocenters. The maximum atomic E-state index is 12.6. The molecule has 5 nitrogen and oxygen atoms in total. The van der Waals surface area contributed by atoms with E-state index in [1.165, 1.54) is 12.8 Å². The normalized spacial score (nSPS) is 23.3. The molecule has 1 aliphatic heterocycles. The van der Waals surface area contributed by atoms with Gasteiger partial charge in [-0.25, -0.2) is 0 Å². The summed E-state index contributed by atoms with van der Waals surface area (Å²) < 4.78 is 12.0. The number of benzene rings is 1. The van der Waals surface area contributed by atoms with Crippen molar-refractivity contribution in [1.29, 1.82) is 0 Å². The summed E-state index contributed by atoms with van der Waals surface area (Å²) in [7, 11) is 0. The quantitative estimate of drug-likeness (QED) is 0.743. The standard InChI is InChI=1S/C22H31NO4/c1-3-26-20-10-6-7-17(22(20)27-19-8-4-5-9-19)11-12-21(25)23-13-16(2)18(14-23)15-24/h6-7,10-12,16,18-19,24H,3-5,8-9,13-15H2,1-2H3/b12-11+/t16-,18+/m1/s1. The molecule has 1 aliphatic carbocycles. The van der Waals surface area contributed by atoms with Crippen molar-refractivity contribution in [2.24, 2.45) is 11.8 Å². The molecule has 2 atom stereocenters. The SMILES string of the molecule is CCOc1cccc(/C=C/C(=O)N2C[C@@H](CO)[C@H](C)C2)c1OC1CCCC1. The minimum absolute atomic E-state index is 0.0218. The summed E-state index contributed by atoms with van der Waals surface area (Å²) in [6, 6.07) is 5.80. The molecule has 5 heteroatoms. The molecule has 148 valence electrons. The molecular weight excluding hydrogens is 342 g/mol. The molecule has 1 aromatic rings. The Balaban J connectivity index is 1.75. The van der Waals surface area contributed by atoms with E-state index in [-0.39, 0.29) is 24.5 Å². The molecule has 0 bridgehead atoms. The van der Waals surface area contributed by atoms with Crippen LogP contribution in [0.2, 0.25) is 0 Å². The molecule has 2 fully saturated rings. The van der Waals surface area contributed by atoms with E-state index in [1.54, 1.807) is 6.08 Å². The van der Waals surface area contributed by atoms with Crippen molar-refractivity contribution in [2.75, 3.05) is 26.3 Å². The zero-order valence-corrected chi connectivity index (χ0v) is 16.4. The van der Waals surface area contributed by atoms with E-state index in [9.17, 15) is 9.90 Å². The van der Waals surface area contributed by atoms with Gasteiger partial charge in [0.15, 0.2) is 11.5 Å². The molecule has 3 rings (SSSR count). The smallest absolute Gasteiger partial charge is 0.246 e. The highest BCUT2D eigenvalue weighted by Gasteiger charge is 2.31. The summed E-state index contributed by atoms with van der Waals surface area (Å²) in [4.78, 5) is 14.4. The number of aliphatic hydroxyl groups is 1. The lowest BCUT2D eigenvalue weighted by molar-refractivity contribution is -0.125. The fourth-order valence-electron chi connectivity index (χ4n) is 3.95. The number of amides is 1. The third kappa shape index (κ3) is 4.83. The Morgan fingerprint density at radius 3 is 2.74 bits per heavy atom. The zero-order valence-electron chi connectivity index (χ0n) is 16.4. The van der Waals surface area contributed by atoms with Crippen LogP contribution in [0.25, 0.3) is 6.08 Å². The maximum absolute atomic E-state index is 12.6. The molecule has 1 saturated heterocycles. The second kappa shape index (κ2) is 9.27. The van der Waals surface area contributed by atoms with Crippen LogP contribution in [0.5, 0.6) is 11.5 Å². The first-order valence-electron chi connectivity index (χ1n) is 10.1. The zero-order chi connectivity index (χ0) is 19.2. The Kier molecular flexibility index (Phi) is 6.78. The lowest BCUT2D eigenvalue weighted by atomic mass is 10.00. The summed E-state index contributed by atoms with van der Waals surface area (Å²) in [6.07, 6.45) is 8.19. The van der Waals surface area contributed by atoms with Gasteiger partial charge in [-0.2, -0.15) is 0 Å². The van der Waals surface area contributed by atoms with E-state index in [2.05, 4.69) is 6.92 Å². The summed E-state index contributed by atoms with van der Waals surface area (Å²) in [5, 5.41) is 9.41. The molecule has 1 heterocycles. The molecular formula is C22H31NO4. The van der Waals surface area contributed by atoms with Gasteiger partial charge in [0.05, 0.1) is 12.7 Å². The van der Waals surface area contributed by atoms with Crippen LogP contribution < -0.4 is 9.47 Å². The van der Waals surface area contributed by atoms with Crippen molar-refractivity contribution in [3.05, 3.63) is 29.8 Å². The number of hydrogen-bond acceptors (Lipinski definition) is 4. The third-order valence-corrected chi connectivity index (χ3v) is 5.62. The van der Waals surface area contributed by atoms with Crippen molar-refractivity contribution in [1.82, 2.24) is 4.90 Å². The summed E-state index contributed by atoms with van der Waals surface area (Å²) in [5.74, 6) is 1.94. The van der Waals surface area contributed by atoms with Gasteiger partial charge < -0.3 is 19.5 Å². The molecule has 0 aromatic heterocycles. The highest BCUT2D eigenvalue weighted by molar-refractivity contribution is 5.92. The second-order valence-corrected chi connectivity index (χ2v) is 7.63. The maximum Gasteiger partial charge on any atom is 0.246 e. The number of hydrogen-bond donors (Lipinski definition) is 1. The summed E-state index contributed by atoms with van der Waals surface area (Å²) in [5.41, 5.74) is 0.868. The highest BCUT2D eigenvalue weighted by Crippen LogP contribution is 2.36. The van der Waals surface area contributed by atoms with E-state index in [1.807, 2.05) is 36.1 Å². The third-order valence-electron chi connectivity index (χ3n) is 5.62. The molecule has 0 spiro atoms. The Morgan fingerprint density at radius 1 is 1.30 bits per heavy atom. The molecule has 1 saturated carbocycles. The lowest BCUT2D eigenvalue weighted by Gasteiger charge is -2.19. The summed E-state index contributed by atoms with van der Waals surface area (Å²) in [6.45, 7) is 6.05. The van der Waals surface area contributed by atoms with Gasteiger partial charge in [-0.3, -0.25) is 4.79 Å². The fraction of sp³-hybridized carbons (Fsp3) is 0.591. The molecule has 27 heavy (non-hydrogen) atoms. The van der Waals surface area contributed by atoms with Gasteiger partial charge in [0, 0.05) is 37.3 Å². The number of carbonyl (C=O) groups is 1. The van der Waals surface area contributed by atoms with Crippen LogP contribution in [0.4, 0.5) is 0 Å². The Morgan fingerprint density at radius 2 is 2.07 bits per heavy atom. The number of carbonyl (C=O) groups excluding carboxylic acids is 1. The van der Waals surface area contributed by atoms with Crippen LogP contribution >= 0.6 is 0 Å². The van der Waals surface area contributed by atoms with Crippen molar-refractivity contribution in [3.8, 4) is 11.5 Å². The van der Waals surface area contributed by atoms with E-state index in [0.717, 1.165) is 29.9 Å². The number of nitrogens with zero attached hydrogens (tertiary/aromatic N) is 1. The number of ether oxygens (including phenoxy) is 2. The van der Waals surface area contributed by atoms with E-state index in [4.69, 9.17) is 9.47 Å². The van der Waals surface area contributed by atoms with Gasteiger partial charge in [-0.1, -0.05) is 19.1 Å². The van der Waals surface area contributed by atoms with E-state index in [0.29, 0.717) is 25.6 Å². The van der Waals surface area contributed by atoms with Gasteiger partial charge in [0.25, 0.3) is 0 Å². The number of aliphatic hydroxyl groups excluding tert-OH is 1. The Bertz CT molecular complexity index is 666. The van der Waals surface area contributed by atoms with Crippen LogP contribution in [0.15, 0.2) is 24.3 Å². The highest BCUT2D eigenvalue weighted by atomic mass is 16.5. The minimum Gasteiger partial charge on any atom is -0.490 e. The minimum atomic E-state index is -0.0218. The largest absolute Gasteiger partial charge is 0.490 e. The van der Waals surface area contributed by atoms with E-state index < -0.39 is 0 Å². The van der Waals surface area contributed by atoms with Crippen molar-refractivity contribution in [2.45, 2.75) is 45.6 Å². The first-order chi connectivity index (χ1) is 13.1. The first-order valence-corrected chi connectivity index (χ1v) is 10.1. The number of likely N-dealkylation sites (tertiary alicyclic amines) is 1. The number of rotatable bonds is 7. The molecule has 1 amide bonds. The monoisotopic (exact) mass is 373 g/mol.